The molecule has 0 aliphatic carbocycles. The quantitative estimate of drug-likeness (QED) is 0.394. The van der Waals surface area contributed by atoms with Crippen LogP contribution in [0.25, 0.3) is 0 Å². The maximum atomic E-state index is 10.4. The number of phenolic OH excluding ortho intramolecular Hbond substituents is 1. The van der Waals surface area contributed by atoms with Crippen molar-refractivity contribution in [3.8, 4) is 17.6 Å². The standard InChI is InChI=1S/C19H20INO2/c20-19(23,12-13-21)17-10-5-7-15(14-17)6-1-2-8-16-9-3-4-11-18(16)22/h3-5,7,9-11,14,22-23H,1,6,12-13,21H2. The number of halogens is 1. The lowest BCUT2D eigenvalue weighted by atomic mass is 10.0. The van der Waals surface area contributed by atoms with E-state index in [4.69, 9.17) is 5.73 Å². The van der Waals surface area contributed by atoms with Crippen molar-refractivity contribution in [1.29, 1.82) is 0 Å². The number of rotatable bonds is 5. The molecule has 0 bridgehead atoms. The van der Waals surface area contributed by atoms with Crippen LogP contribution in [0.2, 0.25) is 0 Å². The molecule has 2 aromatic carbocycles. The van der Waals surface area contributed by atoms with Gasteiger partial charge in [-0.2, -0.15) is 0 Å². The highest BCUT2D eigenvalue weighted by atomic mass is 127. The summed E-state index contributed by atoms with van der Waals surface area (Å²) in [6, 6.07) is 15.0. The van der Waals surface area contributed by atoms with Gasteiger partial charge in [-0.3, -0.25) is 0 Å². The minimum atomic E-state index is -0.927. The van der Waals surface area contributed by atoms with Gasteiger partial charge >= 0.3 is 0 Å². The summed E-state index contributed by atoms with van der Waals surface area (Å²) in [5.41, 5.74) is 8.19. The monoisotopic (exact) mass is 421 g/mol. The van der Waals surface area contributed by atoms with E-state index in [2.05, 4.69) is 11.8 Å². The van der Waals surface area contributed by atoms with Crippen LogP contribution in [0, 0.1) is 11.8 Å². The summed E-state index contributed by atoms with van der Waals surface area (Å²) in [6.45, 7) is 0.440. The molecule has 4 heteroatoms. The molecule has 3 nitrogen and oxygen atoms in total. The highest BCUT2D eigenvalue weighted by Crippen LogP contribution is 2.32. The third-order valence-electron chi connectivity index (χ3n) is 3.51. The third-order valence-corrected chi connectivity index (χ3v) is 4.67. The van der Waals surface area contributed by atoms with E-state index >= 15 is 0 Å². The minimum Gasteiger partial charge on any atom is -0.507 e. The third kappa shape index (κ3) is 5.24. The fourth-order valence-electron chi connectivity index (χ4n) is 2.24. The molecule has 120 valence electrons. The zero-order valence-corrected chi connectivity index (χ0v) is 15.0. The summed E-state index contributed by atoms with van der Waals surface area (Å²) in [4.78, 5) is 0. The summed E-state index contributed by atoms with van der Waals surface area (Å²) < 4.78 is -0.927. The maximum absolute atomic E-state index is 10.4. The van der Waals surface area contributed by atoms with Gasteiger partial charge in [0.25, 0.3) is 0 Å². The Morgan fingerprint density at radius 1 is 1.13 bits per heavy atom. The average Bonchev–Trinajstić information content (AvgIpc) is 2.53. The lowest BCUT2D eigenvalue weighted by Crippen LogP contribution is -2.21. The molecular weight excluding hydrogens is 401 g/mol. The Morgan fingerprint density at radius 2 is 1.91 bits per heavy atom. The van der Waals surface area contributed by atoms with Crippen LogP contribution in [0.3, 0.4) is 0 Å². The molecule has 23 heavy (non-hydrogen) atoms. The molecule has 0 fully saturated rings. The summed E-state index contributed by atoms with van der Waals surface area (Å²) in [5, 5.41) is 20.1. The number of para-hydroxylation sites is 1. The molecule has 0 radical (unpaired) electrons. The number of hydrogen-bond acceptors (Lipinski definition) is 3. The van der Waals surface area contributed by atoms with Crippen LogP contribution in [0.15, 0.2) is 48.5 Å². The van der Waals surface area contributed by atoms with E-state index < -0.39 is 3.61 Å². The van der Waals surface area contributed by atoms with Crippen molar-refractivity contribution < 1.29 is 10.2 Å². The van der Waals surface area contributed by atoms with E-state index in [0.29, 0.717) is 24.9 Å². The minimum absolute atomic E-state index is 0.207. The number of phenols is 1. The van der Waals surface area contributed by atoms with Crippen molar-refractivity contribution in [3.63, 3.8) is 0 Å². The van der Waals surface area contributed by atoms with Gasteiger partial charge in [-0.15, -0.1) is 0 Å². The molecule has 0 saturated carbocycles. The van der Waals surface area contributed by atoms with Gasteiger partial charge in [-0.1, -0.05) is 48.2 Å². The molecule has 0 aromatic heterocycles. The van der Waals surface area contributed by atoms with Crippen LogP contribution in [0.5, 0.6) is 5.75 Å². The number of benzene rings is 2. The van der Waals surface area contributed by atoms with Gasteiger partial charge in [0.1, 0.15) is 9.36 Å². The van der Waals surface area contributed by atoms with Crippen molar-refractivity contribution >= 4 is 22.6 Å². The van der Waals surface area contributed by atoms with Gasteiger partial charge in [-0.05, 0) is 58.8 Å². The van der Waals surface area contributed by atoms with Gasteiger partial charge in [0.2, 0.25) is 0 Å². The first-order valence-electron chi connectivity index (χ1n) is 7.50. The van der Waals surface area contributed by atoms with Crippen molar-refractivity contribution in [2.45, 2.75) is 22.9 Å². The van der Waals surface area contributed by atoms with E-state index in [1.54, 1.807) is 18.2 Å². The average molecular weight is 421 g/mol. The number of hydrogen-bond donors (Lipinski definition) is 3. The molecule has 2 rings (SSSR count). The van der Waals surface area contributed by atoms with Gasteiger partial charge in [-0.25, -0.2) is 0 Å². The van der Waals surface area contributed by atoms with E-state index in [0.717, 1.165) is 17.5 Å². The van der Waals surface area contributed by atoms with Gasteiger partial charge in [0.15, 0.2) is 0 Å². The molecule has 0 aliphatic rings. The maximum Gasteiger partial charge on any atom is 0.142 e. The SMILES string of the molecule is NCCC(O)(I)c1cccc(CCC#Cc2ccccc2O)c1. The first-order valence-corrected chi connectivity index (χ1v) is 8.58. The van der Waals surface area contributed by atoms with Crippen LogP contribution in [0.1, 0.15) is 29.5 Å². The number of aliphatic hydroxyl groups is 1. The Morgan fingerprint density at radius 3 is 2.65 bits per heavy atom. The van der Waals surface area contributed by atoms with Gasteiger partial charge in [0, 0.05) is 12.8 Å². The summed E-state index contributed by atoms with van der Waals surface area (Å²) >= 11 is 2.03. The van der Waals surface area contributed by atoms with E-state index in [1.807, 2.05) is 52.9 Å². The normalized spacial score (nSPS) is 13.0. The van der Waals surface area contributed by atoms with Gasteiger partial charge < -0.3 is 15.9 Å². The second-order valence-corrected chi connectivity index (χ2v) is 7.10. The van der Waals surface area contributed by atoms with Crippen molar-refractivity contribution in [1.82, 2.24) is 0 Å². The molecule has 1 unspecified atom stereocenters. The second kappa shape index (κ2) is 8.34. The van der Waals surface area contributed by atoms with Crippen LogP contribution in [-0.4, -0.2) is 16.8 Å². The molecule has 1 atom stereocenters. The largest absolute Gasteiger partial charge is 0.507 e. The smallest absolute Gasteiger partial charge is 0.142 e. The molecule has 4 N–H and O–H groups in total. The lowest BCUT2D eigenvalue weighted by molar-refractivity contribution is 0.149. The predicted molar refractivity (Wildman–Crippen MR) is 101 cm³/mol. The van der Waals surface area contributed by atoms with Crippen LogP contribution >= 0.6 is 22.6 Å². The second-order valence-electron chi connectivity index (χ2n) is 5.32. The van der Waals surface area contributed by atoms with Crippen molar-refractivity contribution in [2.24, 2.45) is 5.73 Å². The molecule has 0 aliphatic heterocycles. The summed E-state index contributed by atoms with van der Waals surface area (Å²) in [5.74, 6) is 6.27. The number of aryl methyl sites for hydroxylation is 1. The fraction of sp³-hybridized carbons (Fsp3) is 0.263. The molecule has 0 spiro atoms. The molecule has 0 amide bonds. The first-order chi connectivity index (χ1) is 11.0. The fourth-order valence-corrected chi connectivity index (χ4v) is 2.89. The topological polar surface area (TPSA) is 66.5 Å². The Kier molecular flexibility index (Phi) is 6.46. The zero-order chi connectivity index (χ0) is 16.7. The number of alkyl halides is 1. The Bertz CT molecular complexity index is 717. The molecular formula is C19H20INO2. The van der Waals surface area contributed by atoms with Crippen molar-refractivity contribution in [2.75, 3.05) is 6.54 Å². The predicted octanol–water partition coefficient (Wildman–Crippen LogP) is 3.31. The number of nitrogens with two attached hydrogens (primary N) is 1. The number of aromatic hydroxyl groups is 1. The zero-order valence-electron chi connectivity index (χ0n) is 12.8. The molecule has 2 aromatic rings. The Balaban J connectivity index is 2.01. The van der Waals surface area contributed by atoms with E-state index in [1.165, 1.54) is 0 Å². The lowest BCUT2D eigenvalue weighted by Gasteiger charge is -2.21. The highest BCUT2D eigenvalue weighted by molar-refractivity contribution is 14.1. The Hall–Kier alpha value is -1.55. The highest BCUT2D eigenvalue weighted by Gasteiger charge is 2.24. The first kappa shape index (κ1) is 17.8. The van der Waals surface area contributed by atoms with Crippen LogP contribution in [0.4, 0.5) is 0 Å². The van der Waals surface area contributed by atoms with E-state index in [-0.39, 0.29) is 5.75 Å². The van der Waals surface area contributed by atoms with Gasteiger partial charge in [0.05, 0.1) is 5.56 Å². The van der Waals surface area contributed by atoms with E-state index in [9.17, 15) is 10.2 Å². The molecule has 0 saturated heterocycles. The summed E-state index contributed by atoms with van der Waals surface area (Å²) in [7, 11) is 0. The molecule has 0 heterocycles. The summed E-state index contributed by atoms with van der Waals surface area (Å²) in [6.07, 6.45) is 2.00. The van der Waals surface area contributed by atoms with Crippen molar-refractivity contribution in [3.05, 3.63) is 65.2 Å². The Labute approximate surface area is 150 Å². The van der Waals surface area contributed by atoms with Crippen LogP contribution in [-0.2, 0) is 10.0 Å². The van der Waals surface area contributed by atoms with Crippen LogP contribution < -0.4 is 5.73 Å².